The van der Waals surface area contributed by atoms with Gasteiger partial charge in [-0.3, -0.25) is 0 Å². The maximum Gasteiger partial charge on any atom is 0.214 e. The lowest BCUT2D eigenvalue weighted by Gasteiger charge is -2.09. The first-order chi connectivity index (χ1) is 10.3. The van der Waals surface area contributed by atoms with Crippen LogP contribution in [0.25, 0.3) is 10.9 Å². The lowest BCUT2D eigenvalue weighted by atomic mass is 10.1. The summed E-state index contributed by atoms with van der Waals surface area (Å²) in [6.07, 6.45) is 0.848. The Morgan fingerprint density at radius 3 is 2.90 bits per heavy atom. The van der Waals surface area contributed by atoms with Gasteiger partial charge in [0, 0.05) is 28.6 Å². The van der Waals surface area contributed by atoms with E-state index >= 15 is 0 Å². The molecule has 0 bridgehead atoms. The van der Waals surface area contributed by atoms with Gasteiger partial charge in [0.1, 0.15) is 0 Å². The van der Waals surface area contributed by atoms with Crippen LogP contribution in [0, 0.1) is 6.92 Å². The molecule has 3 rings (SSSR count). The molecule has 0 atom stereocenters. The molecule has 2 heterocycles. The molecule has 0 aliphatic rings. The lowest BCUT2D eigenvalue weighted by Crippen LogP contribution is -2.03. The predicted molar refractivity (Wildman–Crippen MR) is 87.4 cm³/mol. The lowest BCUT2D eigenvalue weighted by molar-refractivity contribution is 0.311. The summed E-state index contributed by atoms with van der Waals surface area (Å²) in [4.78, 5) is 10.0. The Morgan fingerprint density at radius 2 is 2.14 bits per heavy atom. The molecule has 0 radical (unpaired) electrons. The molecule has 0 amide bonds. The van der Waals surface area contributed by atoms with E-state index in [1.807, 2.05) is 42.8 Å². The Hall–Kier alpha value is -1.65. The van der Waals surface area contributed by atoms with Crippen molar-refractivity contribution in [1.82, 2.24) is 9.97 Å². The van der Waals surface area contributed by atoms with Crippen molar-refractivity contribution in [3.8, 4) is 5.88 Å². The average Bonchev–Trinajstić information content (AvgIpc) is 2.92. The summed E-state index contributed by atoms with van der Waals surface area (Å²) in [5, 5.41) is 1.08. The molecule has 0 aliphatic carbocycles. The summed E-state index contributed by atoms with van der Waals surface area (Å²) in [6, 6.07) is 9.90. The summed E-state index contributed by atoms with van der Waals surface area (Å²) in [5.74, 6) is 1.08. The van der Waals surface area contributed by atoms with E-state index in [4.69, 9.17) is 16.3 Å². The highest BCUT2D eigenvalue weighted by Crippen LogP contribution is 2.23. The van der Waals surface area contributed by atoms with E-state index < -0.39 is 0 Å². The van der Waals surface area contributed by atoms with Crippen LogP contribution in [-0.2, 0) is 12.3 Å². The topological polar surface area (TPSA) is 35.0 Å². The van der Waals surface area contributed by atoms with E-state index in [0.717, 1.165) is 28.6 Å². The van der Waals surface area contributed by atoms with Crippen LogP contribution in [0.5, 0.6) is 5.88 Å². The van der Waals surface area contributed by atoms with E-state index in [2.05, 4.69) is 9.97 Å². The maximum absolute atomic E-state index is 6.02. The number of halogens is 1. The minimum absolute atomic E-state index is 0.452. The molecule has 3 nitrogen and oxygen atoms in total. The van der Waals surface area contributed by atoms with Crippen LogP contribution in [-0.4, -0.2) is 16.6 Å². The first-order valence-corrected chi connectivity index (χ1v) is 8.15. The van der Waals surface area contributed by atoms with Crippen molar-refractivity contribution in [2.45, 2.75) is 19.2 Å². The molecule has 2 aromatic heterocycles. The number of pyridine rings is 1. The number of hydrogen-bond donors (Lipinski definition) is 0. The predicted octanol–water partition coefficient (Wildman–Crippen LogP) is 4.36. The van der Waals surface area contributed by atoms with Gasteiger partial charge in [0.25, 0.3) is 0 Å². The monoisotopic (exact) mass is 318 g/mol. The first-order valence-electron chi connectivity index (χ1n) is 6.74. The van der Waals surface area contributed by atoms with Gasteiger partial charge < -0.3 is 4.74 Å². The molecule has 0 spiro atoms. The van der Waals surface area contributed by atoms with Crippen LogP contribution in [0.3, 0.4) is 0 Å². The number of nitrogens with zero attached hydrogens (tertiary/aromatic N) is 2. The smallest absolute Gasteiger partial charge is 0.214 e. The third kappa shape index (κ3) is 3.17. The van der Waals surface area contributed by atoms with E-state index in [0.29, 0.717) is 18.4 Å². The minimum atomic E-state index is 0.452. The van der Waals surface area contributed by atoms with Crippen LogP contribution >= 0.6 is 22.9 Å². The summed E-state index contributed by atoms with van der Waals surface area (Å²) in [6.45, 7) is 2.61. The van der Waals surface area contributed by atoms with E-state index in [9.17, 15) is 0 Å². The molecular formula is C16H15ClN2OS. The van der Waals surface area contributed by atoms with Gasteiger partial charge in [-0.15, -0.1) is 22.9 Å². The number of rotatable bonds is 5. The number of hydrogen-bond acceptors (Lipinski definition) is 4. The summed E-state index contributed by atoms with van der Waals surface area (Å²) >= 11 is 7.69. The number of aryl methyl sites for hydroxylation is 1. The molecule has 108 valence electrons. The molecular weight excluding hydrogens is 304 g/mol. The zero-order valence-corrected chi connectivity index (χ0v) is 13.2. The summed E-state index contributed by atoms with van der Waals surface area (Å²) in [5.41, 5.74) is 4.91. The second-order valence-corrected chi connectivity index (χ2v) is 5.94. The van der Waals surface area contributed by atoms with Crippen LogP contribution in [0.4, 0.5) is 0 Å². The minimum Gasteiger partial charge on any atom is -0.477 e. The normalized spacial score (nSPS) is 11.0. The van der Waals surface area contributed by atoms with E-state index in [-0.39, 0.29) is 0 Å². The van der Waals surface area contributed by atoms with E-state index in [1.54, 1.807) is 11.3 Å². The van der Waals surface area contributed by atoms with Gasteiger partial charge in [-0.1, -0.05) is 18.2 Å². The third-order valence-corrected chi connectivity index (χ3v) is 4.63. The molecule has 0 unspecified atom stereocenters. The zero-order valence-electron chi connectivity index (χ0n) is 11.7. The van der Waals surface area contributed by atoms with Gasteiger partial charge in [0.05, 0.1) is 23.3 Å². The number of benzene rings is 1. The number of para-hydroxylation sites is 1. The number of ether oxygens (including phenoxy) is 1. The molecule has 0 saturated heterocycles. The maximum atomic E-state index is 6.02. The fourth-order valence-electron chi connectivity index (χ4n) is 2.22. The van der Waals surface area contributed by atoms with Gasteiger partial charge in [0.2, 0.25) is 5.88 Å². The van der Waals surface area contributed by atoms with Crippen molar-refractivity contribution in [3.05, 3.63) is 52.0 Å². The first kappa shape index (κ1) is 14.3. The molecule has 0 fully saturated rings. The number of alkyl halides is 1. The van der Waals surface area contributed by atoms with Crippen molar-refractivity contribution in [3.63, 3.8) is 0 Å². The van der Waals surface area contributed by atoms with E-state index in [1.165, 1.54) is 4.88 Å². The Labute approximate surface area is 132 Å². The average molecular weight is 319 g/mol. The van der Waals surface area contributed by atoms with Gasteiger partial charge in [-0.05, 0) is 18.6 Å². The zero-order chi connectivity index (χ0) is 14.7. The highest BCUT2D eigenvalue weighted by atomic mass is 35.5. The van der Waals surface area contributed by atoms with Crippen LogP contribution < -0.4 is 4.74 Å². The SMILES string of the molecule is Cc1ncsc1CCOc1cc(CCl)c2ccccc2n1. The second kappa shape index (κ2) is 6.41. The van der Waals surface area contributed by atoms with Crippen molar-refractivity contribution in [2.75, 3.05) is 6.61 Å². The fraction of sp³-hybridized carbons (Fsp3) is 0.250. The van der Waals surface area contributed by atoms with Crippen molar-refractivity contribution < 1.29 is 4.74 Å². The van der Waals surface area contributed by atoms with Crippen molar-refractivity contribution in [2.24, 2.45) is 0 Å². The Kier molecular flexibility index (Phi) is 4.36. The van der Waals surface area contributed by atoms with Gasteiger partial charge in [-0.25, -0.2) is 9.97 Å². The number of aromatic nitrogens is 2. The summed E-state index contributed by atoms with van der Waals surface area (Å²) < 4.78 is 5.79. The standard InChI is InChI=1S/C16H15ClN2OS/c1-11-15(21-10-18-11)6-7-20-16-8-12(9-17)13-4-2-3-5-14(13)19-16/h2-5,8,10H,6-7,9H2,1H3. The van der Waals surface area contributed by atoms with Crippen LogP contribution in [0.1, 0.15) is 16.1 Å². The Bertz CT molecular complexity index is 757. The Morgan fingerprint density at radius 1 is 1.29 bits per heavy atom. The highest BCUT2D eigenvalue weighted by molar-refractivity contribution is 7.09. The molecule has 21 heavy (non-hydrogen) atoms. The molecule has 0 saturated carbocycles. The molecule has 0 N–H and O–H groups in total. The van der Waals surface area contributed by atoms with Gasteiger partial charge in [0.15, 0.2) is 0 Å². The van der Waals surface area contributed by atoms with Gasteiger partial charge in [-0.2, -0.15) is 0 Å². The highest BCUT2D eigenvalue weighted by Gasteiger charge is 2.07. The van der Waals surface area contributed by atoms with Gasteiger partial charge >= 0.3 is 0 Å². The molecule has 3 aromatic rings. The largest absolute Gasteiger partial charge is 0.477 e. The Balaban J connectivity index is 1.76. The third-order valence-electron chi connectivity index (χ3n) is 3.35. The van der Waals surface area contributed by atoms with Crippen LogP contribution in [0.2, 0.25) is 0 Å². The van der Waals surface area contributed by atoms with Crippen molar-refractivity contribution >= 4 is 33.8 Å². The fourth-order valence-corrected chi connectivity index (χ4v) is 3.20. The number of fused-ring (bicyclic) bond motifs is 1. The van der Waals surface area contributed by atoms with Crippen molar-refractivity contribution in [1.29, 1.82) is 0 Å². The molecule has 5 heteroatoms. The molecule has 0 aliphatic heterocycles. The summed E-state index contributed by atoms with van der Waals surface area (Å²) in [7, 11) is 0. The van der Waals surface area contributed by atoms with Crippen LogP contribution in [0.15, 0.2) is 35.8 Å². The number of thiazole rings is 1. The molecule has 1 aromatic carbocycles. The quantitative estimate of drug-likeness (QED) is 0.656. The second-order valence-electron chi connectivity index (χ2n) is 4.73.